The van der Waals surface area contributed by atoms with Gasteiger partial charge in [0.15, 0.2) is 0 Å². The van der Waals surface area contributed by atoms with Gasteiger partial charge in [-0.3, -0.25) is 0 Å². The molecule has 0 spiro atoms. The zero-order valence-corrected chi connectivity index (χ0v) is 15.3. The lowest BCUT2D eigenvalue weighted by Crippen LogP contribution is -2.44. The lowest BCUT2D eigenvalue weighted by Gasteiger charge is -2.35. The van der Waals surface area contributed by atoms with E-state index in [1.165, 1.54) is 22.1 Å². The molecule has 1 aromatic carbocycles. The van der Waals surface area contributed by atoms with Crippen molar-refractivity contribution in [3.05, 3.63) is 27.7 Å². The number of halogens is 2. The predicted molar refractivity (Wildman–Crippen MR) is 89.0 cm³/mol. The summed E-state index contributed by atoms with van der Waals surface area (Å²) in [4.78, 5) is 0.112. The molecule has 114 valence electrons. The van der Waals surface area contributed by atoms with Gasteiger partial charge in [-0.05, 0) is 37.3 Å². The Morgan fingerprint density at radius 2 is 2.05 bits per heavy atom. The third-order valence-corrected chi connectivity index (χ3v) is 7.79. The third-order valence-electron chi connectivity index (χ3n) is 3.64. The number of rotatable bonds is 3. The van der Waals surface area contributed by atoms with E-state index in [-0.39, 0.29) is 9.92 Å². The molecule has 1 fully saturated rings. The monoisotopic (exact) mass is 408 g/mol. The summed E-state index contributed by atoms with van der Waals surface area (Å²) in [5.41, 5.74) is 0. The van der Waals surface area contributed by atoms with E-state index < -0.39 is 14.8 Å². The largest absolute Gasteiger partial charge is 0.244 e. The number of benzene rings is 1. The molecule has 0 radical (unpaired) electrons. The highest BCUT2D eigenvalue weighted by Crippen LogP contribution is 2.36. The van der Waals surface area contributed by atoms with Gasteiger partial charge < -0.3 is 0 Å². The molecule has 1 heterocycles. The summed E-state index contributed by atoms with van der Waals surface area (Å²) in [5, 5.41) is 9.46. The molecule has 0 aliphatic carbocycles. The van der Waals surface area contributed by atoms with Crippen LogP contribution in [0.2, 0.25) is 5.02 Å². The maximum absolute atomic E-state index is 12.6. The highest BCUT2D eigenvalue weighted by molar-refractivity contribution is 9.10. The number of hydrogen-bond donors (Lipinski definition) is 0. The maximum atomic E-state index is 12.6. The van der Waals surface area contributed by atoms with Crippen molar-refractivity contribution in [3.63, 3.8) is 0 Å². The molecule has 4 nitrogen and oxygen atoms in total. The molecule has 2 rings (SSSR count). The van der Waals surface area contributed by atoms with Crippen LogP contribution in [0.4, 0.5) is 0 Å². The minimum absolute atomic E-state index is 0.112. The van der Waals surface area contributed by atoms with Gasteiger partial charge in [0.1, 0.15) is 9.64 Å². The second-order valence-corrected chi connectivity index (χ2v) is 9.21. The number of nitriles is 1. The fraction of sp³-hybridized carbons (Fsp3) is 0.462. The van der Waals surface area contributed by atoms with Crippen molar-refractivity contribution in [2.24, 2.45) is 0 Å². The van der Waals surface area contributed by atoms with Crippen molar-refractivity contribution in [1.29, 1.82) is 5.26 Å². The average molecular weight is 410 g/mol. The Hall–Kier alpha value is -0.260. The Morgan fingerprint density at radius 1 is 1.43 bits per heavy atom. The first-order valence-electron chi connectivity index (χ1n) is 6.26. The lowest BCUT2D eigenvalue weighted by molar-refractivity contribution is 0.327. The van der Waals surface area contributed by atoms with E-state index >= 15 is 0 Å². The minimum atomic E-state index is -3.61. The van der Waals surface area contributed by atoms with E-state index in [1.54, 1.807) is 12.1 Å². The molecule has 0 saturated carbocycles. The summed E-state index contributed by atoms with van der Waals surface area (Å²) in [6.45, 7) is 0.673. The zero-order chi connectivity index (χ0) is 15.7. The molecular weight excluding hydrogens is 396 g/mol. The first-order chi connectivity index (χ1) is 9.84. The van der Waals surface area contributed by atoms with E-state index in [1.807, 2.05) is 6.26 Å². The molecule has 21 heavy (non-hydrogen) atoms. The van der Waals surface area contributed by atoms with Gasteiger partial charge in [0.25, 0.3) is 0 Å². The van der Waals surface area contributed by atoms with Gasteiger partial charge >= 0.3 is 0 Å². The van der Waals surface area contributed by atoms with Gasteiger partial charge in [-0.2, -0.15) is 9.57 Å². The summed E-state index contributed by atoms with van der Waals surface area (Å²) in [6, 6.07) is 7.04. The normalized spacial score (nSPS) is 19.1. The molecule has 0 bridgehead atoms. The van der Waals surface area contributed by atoms with Crippen LogP contribution in [0.1, 0.15) is 12.8 Å². The zero-order valence-electron chi connectivity index (χ0n) is 11.3. The topological polar surface area (TPSA) is 61.2 Å². The summed E-state index contributed by atoms with van der Waals surface area (Å²) in [5.74, 6) is 0. The van der Waals surface area contributed by atoms with Gasteiger partial charge in [0.05, 0.1) is 11.1 Å². The Morgan fingerprint density at radius 3 is 2.52 bits per heavy atom. The fourth-order valence-corrected chi connectivity index (χ4v) is 5.41. The first-order valence-corrected chi connectivity index (χ1v) is 10.1. The molecule has 0 unspecified atom stereocenters. The van der Waals surface area contributed by atoms with Crippen LogP contribution in [0.15, 0.2) is 27.6 Å². The van der Waals surface area contributed by atoms with E-state index in [9.17, 15) is 13.7 Å². The Balaban J connectivity index is 2.25. The van der Waals surface area contributed by atoms with Crippen molar-refractivity contribution < 1.29 is 8.42 Å². The first kappa shape index (κ1) is 17.1. The van der Waals surface area contributed by atoms with E-state index in [0.29, 0.717) is 25.9 Å². The van der Waals surface area contributed by atoms with Crippen LogP contribution in [0.25, 0.3) is 0 Å². The number of piperidine rings is 1. The van der Waals surface area contributed by atoms with Gasteiger partial charge in [0.2, 0.25) is 10.0 Å². The summed E-state index contributed by atoms with van der Waals surface area (Å²) >= 11 is 10.8. The summed E-state index contributed by atoms with van der Waals surface area (Å²) in [7, 11) is -3.61. The Kier molecular flexibility index (Phi) is 5.27. The van der Waals surface area contributed by atoms with E-state index in [4.69, 9.17) is 11.6 Å². The van der Waals surface area contributed by atoms with Gasteiger partial charge in [-0.25, -0.2) is 8.42 Å². The smallest absolute Gasteiger partial charge is 0.207 e. The molecule has 0 atom stereocenters. The standard InChI is InChI=1S/C13H14BrClN2O2S2/c1-20-13(9-16)4-6-17(7-5-13)21(18,19)12-3-2-10(14)8-11(12)15/h2-3,8H,4-7H2,1H3. The summed E-state index contributed by atoms with van der Waals surface area (Å²) in [6.07, 6.45) is 2.94. The van der Waals surface area contributed by atoms with Crippen LogP contribution in [-0.4, -0.2) is 36.8 Å². The van der Waals surface area contributed by atoms with Crippen LogP contribution < -0.4 is 0 Å². The molecule has 1 saturated heterocycles. The Bertz CT molecular complexity index is 680. The third kappa shape index (κ3) is 3.40. The average Bonchev–Trinajstić information content (AvgIpc) is 2.47. The van der Waals surface area contributed by atoms with Crippen molar-refractivity contribution in [3.8, 4) is 6.07 Å². The molecule has 0 amide bonds. The number of thioether (sulfide) groups is 1. The molecule has 1 aliphatic rings. The Labute approximate surface area is 142 Å². The minimum Gasteiger partial charge on any atom is -0.207 e. The number of sulfonamides is 1. The van der Waals surface area contributed by atoms with Gasteiger partial charge in [-0.1, -0.05) is 27.5 Å². The highest BCUT2D eigenvalue weighted by atomic mass is 79.9. The maximum Gasteiger partial charge on any atom is 0.244 e. The second kappa shape index (κ2) is 6.47. The lowest BCUT2D eigenvalue weighted by atomic mass is 9.99. The number of hydrogen-bond acceptors (Lipinski definition) is 4. The van der Waals surface area contributed by atoms with Gasteiger partial charge in [0, 0.05) is 17.6 Å². The molecule has 1 aromatic rings. The van der Waals surface area contributed by atoms with Gasteiger partial charge in [-0.15, -0.1) is 11.8 Å². The molecule has 0 N–H and O–H groups in total. The van der Waals surface area contributed by atoms with Crippen molar-refractivity contribution >= 4 is 49.3 Å². The van der Waals surface area contributed by atoms with Crippen molar-refractivity contribution in [1.82, 2.24) is 4.31 Å². The number of nitrogens with zero attached hydrogens (tertiary/aromatic N) is 2. The van der Waals surface area contributed by atoms with Crippen LogP contribution in [0.5, 0.6) is 0 Å². The van der Waals surface area contributed by atoms with Crippen molar-refractivity contribution in [2.75, 3.05) is 19.3 Å². The fourth-order valence-electron chi connectivity index (χ4n) is 2.27. The highest BCUT2D eigenvalue weighted by Gasteiger charge is 2.38. The van der Waals surface area contributed by atoms with Crippen LogP contribution in [0, 0.1) is 11.3 Å². The molecule has 1 aliphatic heterocycles. The molecular formula is C13H14BrClN2O2S2. The summed E-state index contributed by atoms with van der Waals surface area (Å²) < 4.78 is 27.0. The SMILES string of the molecule is CSC1(C#N)CCN(S(=O)(=O)c2ccc(Br)cc2Cl)CC1. The second-order valence-electron chi connectivity index (χ2n) is 4.79. The molecule has 8 heteroatoms. The quantitative estimate of drug-likeness (QED) is 0.766. The van der Waals surface area contributed by atoms with Crippen LogP contribution >= 0.6 is 39.3 Å². The van der Waals surface area contributed by atoms with E-state index in [0.717, 1.165) is 4.47 Å². The van der Waals surface area contributed by atoms with Crippen molar-refractivity contribution in [2.45, 2.75) is 22.5 Å². The predicted octanol–water partition coefficient (Wildman–Crippen LogP) is 3.51. The van der Waals surface area contributed by atoms with E-state index in [2.05, 4.69) is 22.0 Å². The van der Waals surface area contributed by atoms with Crippen LogP contribution in [-0.2, 0) is 10.0 Å². The molecule has 0 aromatic heterocycles. The van der Waals surface area contributed by atoms with Crippen LogP contribution in [0.3, 0.4) is 0 Å².